The predicted molar refractivity (Wildman–Crippen MR) is 160 cm³/mol. The summed E-state index contributed by atoms with van der Waals surface area (Å²) in [5.41, 5.74) is 4.03. The lowest BCUT2D eigenvalue weighted by atomic mass is 9.87. The summed E-state index contributed by atoms with van der Waals surface area (Å²) in [4.78, 5) is 29.9. The largest absolute Gasteiger partial charge is 0.497 e. The van der Waals surface area contributed by atoms with Crippen LogP contribution < -0.4 is 10.1 Å². The van der Waals surface area contributed by atoms with Crippen LogP contribution in [0, 0.1) is 0 Å². The van der Waals surface area contributed by atoms with E-state index in [4.69, 9.17) is 4.74 Å². The molecule has 5 heteroatoms. The Hall–Kier alpha value is -4.38. The Balaban J connectivity index is 1.74. The maximum atomic E-state index is 14.4. The summed E-state index contributed by atoms with van der Waals surface area (Å²) in [6.07, 6.45) is 0.648. The summed E-state index contributed by atoms with van der Waals surface area (Å²) in [5, 5.41) is 3.07. The number of amides is 2. The quantitative estimate of drug-likeness (QED) is 0.229. The number of carbonyl (C=O) groups excluding carboxylic acids is 2. The van der Waals surface area contributed by atoms with Crippen LogP contribution in [0.1, 0.15) is 48.4 Å². The molecule has 1 N–H and O–H groups in total. The lowest BCUT2D eigenvalue weighted by Gasteiger charge is -2.33. The highest BCUT2D eigenvalue weighted by Gasteiger charge is 2.32. The van der Waals surface area contributed by atoms with E-state index in [1.807, 2.05) is 105 Å². The van der Waals surface area contributed by atoms with Crippen LogP contribution in [0.15, 0.2) is 115 Å². The van der Waals surface area contributed by atoms with Gasteiger partial charge >= 0.3 is 0 Å². The highest BCUT2D eigenvalue weighted by molar-refractivity contribution is 5.88. The standard InChI is InChI=1S/C35H38N2O3/c1-26(2)36-35(39)33(23-27-14-7-4-8-15-27)37(25-28-16-13-21-31(22-28)40-3)34(38)24-32(29-17-9-5-10-18-29)30-19-11-6-12-20-30/h4-22,26,32-33H,23-25H2,1-3H3,(H,36,39)/t33-/m1/s1. The molecule has 0 bridgehead atoms. The molecule has 0 saturated heterocycles. The summed E-state index contributed by atoms with van der Waals surface area (Å²) < 4.78 is 5.45. The van der Waals surface area contributed by atoms with Crippen molar-refractivity contribution in [1.82, 2.24) is 10.2 Å². The second kappa shape index (κ2) is 14.1. The summed E-state index contributed by atoms with van der Waals surface area (Å²) in [5.74, 6) is 0.322. The molecule has 206 valence electrons. The average molecular weight is 535 g/mol. The fraction of sp³-hybridized carbons (Fsp3) is 0.257. The number of carbonyl (C=O) groups is 2. The minimum absolute atomic E-state index is 0.0547. The van der Waals surface area contributed by atoms with Gasteiger partial charge < -0.3 is 15.0 Å². The topological polar surface area (TPSA) is 58.6 Å². The Bertz CT molecular complexity index is 1320. The average Bonchev–Trinajstić information content (AvgIpc) is 2.98. The highest BCUT2D eigenvalue weighted by Crippen LogP contribution is 2.30. The molecule has 0 aliphatic heterocycles. The van der Waals surface area contributed by atoms with Gasteiger partial charge in [0.15, 0.2) is 0 Å². The van der Waals surface area contributed by atoms with Crippen molar-refractivity contribution in [1.29, 1.82) is 0 Å². The molecule has 4 aromatic carbocycles. The van der Waals surface area contributed by atoms with E-state index in [1.165, 1.54) is 0 Å². The van der Waals surface area contributed by atoms with Crippen molar-refractivity contribution in [2.24, 2.45) is 0 Å². The molecule has 0 saturated carbocycles. The monoisotopic (exact) mass is 534 g/mol. The number of benzene rings is 4. The molecular weight excluding hydrogens is 496 g/mol. The zero-order valence-corrected chi connectivity index (χ0v) is 23.5. The third kappa shape index (κ3) is 7.82. The van der Waals surface area contributed by atoms with E-state index in [0.717, 1.165) is 22.3 Å². The zero-order valence-electron chi connectivity index (χ0n) is 23.5. The Labute approximate surface area is 237 Å². The first-order valence-corrected chi connectivity index (χ1v) is 13.8. The minimum Gasteiger partial charge on any atom is -0.497 e. The fourth-order valence-corrected chi connectivity index (χ4v) is 4.99. The molecule has 40 heavy (non-hydrogen) atoms. The number of methoxy groups -OCH3 is 1. The van der Waals surface area contributed by atoms with Crippen LogP contribution in [0.25, 0.3) is 0 Å². The predicted octanol–water partition coefficient (Wildman–Crippen LogP) is 6.38. The van der Waals surface area contributed by atoms with Gasteiger partial charge in [0, 0.05) is 31.3 Å². The van der Waals surface area contributed by atoms with Crippen molar-refractivity contribution in [2.75, 3.05) is 7.11 Å². The van der Waals surface area contributed by atoms with Gasteiger partial charge in [-0.3, -0.25) is 9.59 Å². The van der Waals surface area contributed by atoms with Crippen LogP contribution in [0.3, 0.4) is 0 Å². The van der Waals surface area contributed by atoms with Gasteiger partial charge in [0.1, 0.15) is 11.8 Å². The van der Waals surface area contributed by atoms with Gasteiger partial charge in [-0.15, -0.1) is 0 Å². The first-order chi connectivity index (χ1) is 19.4. The molecule has 0 radical (unpaired) electrons. The van der Waals surface area contributed by atoms with Crippen molar-refractivity contribution >= 4 is 11.8 Å². The van der Waals surface area contributed by atoms with Gasteiger partial charge in [-0.25, -0.2) is 0 Å². The Kier molecular flexibility index (Phi) is 10.1. The smallest absolute Gasteiger partial charge is 0.243 e. The van der Waals surface area contributed by atoms with Crippen molar-refractivity contribution in [3.63, 3.8) is 0 Å². The summed E-state index contributed by atoms with van der Waals surface area (Å²) in [6, 6.07) is 37.0. The first kappa shape index (κ1) is 28.6. The number of hydrogen-bond donors (Lipinski definition) is 1. The summed E-state index contributed by atoms with van der Waals surface area (Å²) in [7, 11) is 1.63. The second-order valence-electron chi connectivity index (χ2n) is 10.3. The Morgan fingerprint density at radius 2 is 1.30 bits per heavy atom. The first-order valence-electron chi connectivity index (χ1n) is 13.8. The molecule has 0 aliphatic rings. The van der Waals surface area contributed by atoms with E-state index >= 15 is 0 Å². The Morgan fingerprint density at radius 3 is 1.85 bits per heavy atom. The normalized spacial score (nSPS) is 11.7. The lowest BCUT2D eigenvalue weighted by Crippen LogP contribution is -2.52. The van der Waals surface area contributed by atoms with E-state index in [2.05, 4.69) is 29.6 Å². The molecule has 4 rings (SSSR count). The molecule has 5 nitrogen and oxygen atoms in total. The van der Waals surface area contributed by atoms with Gasteiger partial charge in [-0.2, -0.15) is 0 Å². The molecule has 4 aromatic rings. The highest BCUT2D eigenvalue weighted by atomic mass is 16.5. The minimum atomic E-state index is -0.685. The number of nitrogens with one attached hydrogen (secondary N) is 1. The van der Waals surface area contributed by atoms with Crippen LogP contribution in [-0.2, 0) is 22.6 Å². The molecule has 0 spiro atoms. The lowest BCUT2D eigenvalue weighted by molar-refractivity contribution is -0.141. The van der Waals surface area contributed by atoms with E-state index in [1.54, 1.807) is 12.0 Å². The van der Waals surface area contributed by atoms with Crippen LogP contribution >= 0.6 is 0 Å². The number of ether oxygens (including phenoxy) is 1. The van der Waals surface area contributed by atoms with Gasteiger partial charge in [-0.05, 0) is 48.2 Å². The number of rotatable bonds is 12. The van der Waals surface area contributed by atoms with E-state index in [9.17, 15) is 9.59 Å². The third-order valence-corrected chi connectivity index (χ3v) is 6.97. The van der Waals surface area contributed by atoms with E-state index in [0.29, 0.717) is 12.2 Å². The Morgan fingerprint density at radius 1 is 0.750 bits per heavy atom. The van der Waals surface area contributed by atoms with E-state index in [-0.39, 0.29) is 36.7 Å². The third-order valence-electron chi connectivity index (χ3n) is 6.97. The molecule has 0 aromatic heterocycles. The van der Waals surface area contributed by atoms with Gasteiger partial charge in [0.05, 0.1) is 7.11 Å². The SMILES string of the molecule is COc1cccc(CN(C(=O)CC(c2ccccc2)c2ccccc2)[C@H](Cc2ccccc2)C(=O)NC(C)C)c1. The fourth-order valence-electron chi connectivity index (χ4n) is 4.99. The molecule has 1 atom stereocenters. The second-order valence-corrected chi connectivity index (χ2v) is 10.3. The molecular formula is C35H38N2O3. The van der Waals surface area contributed by atoms with Crippen LogP contribution in [0.2, 0.25) is 0 Å². The molecule has 0 aliphatic carbocycles. The van der Waals surface area contributed by atoms with Crippen molar-refractivity contribution < 1.29 is 14.3 Å². The van der Waals surface area contributed by atoms with Crippen molar-refractivity contribution in [2.45, 2.75) is 51.2 Å². The van der Waals surface area contributed by atoms with Gasteiger partial charge in [-0.1, -0.05) is 103 Å². The number of nitrogens with zero attached hydrogens (tertiary/aromatic N) is 1. The molecule has 2 amide bonds. The van der Waals surface area contributed by atoms with Crippen LogP contribution in [0.4, 0.5) is 0 Å². The van der Waals surface area contributed by atoms with Crippen molar-refractivity contribution in [3.05, 3.63) is 138 Å². The van der Waals surface area contributed by atoms with Gasteiger partial charge in [0.2, 0.25) is 11.8 Å². The summed E-state index contributed by atoms with van der Waals surface area (Å²) in [6.45, 7) is 4.16. The maximum Gasteiger partial charge on any atom is 0.243 e. The maximum absolute atomic E-state index is 14.4. The van der Waals surface area contributed by atoms with Crippen LogP contribution in [0.5, 0.6) is 5.75 Å². The molecule has 0 unspecified atom stereocenters. The number of hydrogen-bond acceptors (Lipinski definition) is 3. The van der Waals surface area contributed by atoms with Gasteiger partial charge in [0.25, 0.3) is 0 Å². The van der Waals surface area contributed by atoms with E-state index < -0.39 is 6.04 Å². The summed E-state index contributed by atoms with van der Waals surface area (Å²) >= 11 is 0. The van der Waals surface area contributed by atoms with Crippen LogP contribution in [-0.4, -0.2) is 35.9 Å². The van der Waals surface area contributed by atoms with Crippen molar-refractivity contribution in [3.8, 4) is 5.75 Å². The molecule has 0 heterocycles. The molecule has 0 fully saturated rings. The zero-order chi connectivity index (χ0) is 28.3.